The van der Waals surface area contributed by atoms with Crippen LogP contribution in [-0.2, 0) is 4.74 Å². The SMILES string of the molecule is C[C@@H]1CCC[C@@H](C#N)OCC1. The molecule has 1 aliphatic rings. The minimum absolute atomic E-state index is 0.137. The van der Waals surface area contributed by atoms with Crippen molar-refractivity contribution in [2.45, 2.75) is 38.7 Å². The van der Waals surface area contributed by atoms with Crippen molar-refractivity contribution in [3.05, 3.63) is 0 Å². The zero-order chi connectivity index (χ0) is 8.10. The molecule has 1 fully saturated rings. The molecule has 62 valence electrons. The summed E-state index contributed by atoms with van der Waals surface area (Å²) in [5, 5.41) is 8.60. The zero-order valence-electron chi connectivity index (χ0n) is 7.05. The number of rotatable bonds is 0. The van der Waals surface area contributed by atoms with E-state index in [4.69, 9.17) is 10.00 Å². The van der Waals surface area contributed by atoms with Crippen LogP contribution in [0.2, 0.25) is 0 Å². The highest BCUT2D eigenvalue weighted by Crippen LogP contribution is 2.17. The monoisotopic (exact) mass is 153 g/mol. The van der Waals surface area contributed by atoms with Crippen molar-refractivity contribution in [1.29, 1.82) is 5.26 Å². The Hall–Kier alpha value is -0.550. The lowest BCUT2D eigenvalue weighted by atomic mass is 9.98. The van der Waals surface area contributed by atoms with Crippen LogP contribution >= 0.6 is 0 Å². The average Bonchev–Trinajstić information content (AvgIpc) is 1.96. The smallest absolute Gasteiger partial charge is 0.143 e. The molecule has 2 nitrogen and oxygen atoms in total. The maximum atomic E-state index is 8.60. The highest BCUT2D eigenvalue weighted by Gasteiger charge is 2.13. The molecule has 0 N–H and O–H groups in total. The van der Waals surface area contributed by atoms with Gasteiger partial charge in [0.1, 0.15) is 6.10 Å². The van der Waals surface area contributed by atoms with Gasteiger partial charge in [0.05, 0.1) is 6.07 Å². The minimum atomic E-state index is -0.137. The van der Waals surface area contributed by atoms with Gasteiger partial charge in [-0.05, 0) is 25.2 Å². The van der Waals surface area contributed by atoms with Crippen LogP contribution in [0.1, 0.15) is 32.6 Å². The van der Waals surface area contributed by atoms with Crippen LogP contribution in [-0.4, -0.2) is 12.7 Å². The van der Waals surface area contributed by atoms with Gasteiger partial charge in [0, 0.05) is 6.61 Å². The quantitative estimate of drug-likeness (QED) is 0.534. The van der Waals surface area contributed by atoms with E-state index in [-0.39, 0.29) is 6.10 Å². The molecule has 0 amide bonds. The molecule has 1 aliphatic heterocycles. The highest BCUT2D eigenvalue weighted by atomic mass is 16.5. The molecule has 0 aromatic rings. The fourth-order valence-electron chi connectivity index (χ4n) is 1.39. The average molecular weight is 153 g/mol. The lowest BCUT2D eigenvalue weighted by Gasteiger charge is -2.18. The highest BCUT2D eigenvalue weighted by molar-refractivity contribution is 4.84. The summed E-state index contributed by atoms with van der Waals surface area (Å²) in [6, 6.07) is 2.16. The molecule has 0 bridgehead atoms. The van der Waals surface area contributed by atoms with E-state index in [1.807, 2.05) is 0 Å². The molecule has 1 saturated heterocycles. The second-order valence-corrected chi connectivity index (χ2v) is 3.31. The predicted molar refractivity (Wildman–Crippen MR) is 43.0 cm³/mol. The van der Waals surface area contributed by atoms with Crippen LogP contribution in [0.4, 0.5) is 0 Å². The summed E-state index contributed by atoms with van der Waals surface area (Å²) in [6.45, 7) is 3.01. The maximum absolute atomic E-state index is 8.60. The topological polar surface area (TPSA) is 33.0 Å². The molecule has 0 aromatic heterocycles. The van der Waals surface area contributed by atoms with Crippen LogP contribution in [0, 0.1) is 17.2 Å². The van der Waals surface area contributed by atoms with Crippen molar-refractivity contribution in [3.63, 3.8) is 0 Å². The first-order valence-electron chi connectivity index (χ1n) is 4.34. The van der Waals surface area contributed by atoms with E-state index in [0.717, 1.165) is 31.8 Å². The lowest BCUT2D eigenvalue weighted by molar-refractivity contribution is 0.0604. The molecular weight excluding hydrogens is 138 g/mol. The summed E-state index contributed by atoms with van der Waals surface area (Å²) in [7, 11) is 0. The maximum Gasteiger partial charge on any atom is 0.143 e. The lowest BCUT2D eigenvalue weighted by Crippen LogP contribution is -2.16. The number of hydrogen-bond acceptors (Lipinski definition) is 2. The van der Waals surface area contributed by atoms with Crippen molar-refractivity contribution in [3.8, 4) is 6.07 Å². The Morgan fingerprint density at radius 2 is 2.18 bits per heavy atom. The van der Waals surface area contributed by atoms with Gasteiger partial charge >= 0.3 is 0 Å². The molecule has 0 unspecified atom stereocenters. The van der Waals surface area contributed by atoms with Gasteiger partial charge in [-0.25, -0.2) is 0 Å². The van der Waals surface area contributed by atoms with E-state index >= 15 is 0 Å². The molecule has 0 aromatic carbocycles. The molecule has 2 heteroatoms. The van der Waals surface area contributed by atoms with Crippen molar-refractivity contribution < 1.29 is 4.74 Å². The van der Waals surface area contributed by atoms with Gasteiger partial charge < -0.3 is 4.74 Å². The standard InChI is InChI=1S/C9H15NO/c1-8-3-2-4-9(7-10)11-6-5-8/h8-9H,2-6H2,1H3/t8-,9+/m1/s1. The third-order valence-corrected chi connectivity index (χ3v) is 2.24. The fraction of sp³-hybridized carbons (Fsp3) is 0.889. The Bertz CT molecular complexity index is 140. The Morgan fingerprint density at radius 3 is 2.91 bits per heavy atom. The van der Waals surface area contributed by atoms with Crippen molar-refractivity contribution in [2.75, 3.05) is 6.61 Å². The van der Waals surface area contributed by atoms with Crippen LogP contribution in [0.5, 0.6) is 0 Å². The molecule has 0 radical (unpaired) electrons. The van der Waals surface area contributed by atoms with E-state index in [9.17, 15) is 0 Å². The minimum Gasteiger partial charge on any atom is -0.363 e. The third kappa shape index (κ3) is 2.90. The van der Waals surface area contributed by atoms with E-state index in [1.165, 1.54) is 6.42 Å². The fourth-order valence-corrected chi connectivity index (χ4v) is 1.39. The van der Waals surface area contributed by atoms with Gasteiger partial charge in [-0.1, -0.05) is 13.3 Å². The van der Waals surface area contributed by atoms with Gasteiger partial charge in [0.25, 0.3) is 0 Å². The van der Waals surface area contributed by atoms with E-state index in [0.29, 0.717) is 0 Å². The van der Waals surface area contributed by atoms with Crippen LogP contribution in [0.3, 0.4) is 0 Å². The summed E-state index contributed by atoms with van der Waals surface area (Å²) in [6.07, 6.45) is 4.28. The Kier molecular flexibility index (Phi) is 3.38. The Morgan fingerprint density at radius 1 is 1.36 bits per heavy atom. The third-order valence-electron chi connectivity index (χ3n) is 2.24. The summed E-state index contributed by atoms with van der Waals surface area (Å²) < 4.78 is 5.34. The normalized spacial score (nSPS) is 33.5. The first-order valence-corrected chi connectivity index (χ1v) is 4.34. The van der Waals surface area contributed by atoms with E-state index in [2.05, 4.69) is 13.0 Å². The van der Waals surface area contributed by atoms with E-state index in [1.54, 1.807) is 0 Å². The number of nitrogens with zero attached hydrogens (tertiary/aromatic N) is 1. The molecule has 0 aliphatic carbocycles. The zero-order valence-corrected chi connectivity index (χ0v) is 7.05. The van der Waals surface area contributed by atoms with E-state index < -0.39 is 0 Å². The largest absolute Gasteiger partial charge is 0.363 e. The summed E-state index contributed by atoms with van der Waals surface area (Å²) in [5.41, 5.74) is 0. The van der Waals surface area contributed by atoms with Crippen molar-refractivity contribution in [1.82, 2.24) is 0 Å². The summed E-state index contributed by atoms with van der Waals surface area (Å²) in [5.74, 6) is 0.773. The van der Waals surface area contributed by atoms with Gasteiger partial charge in [-0.15, -0.1) is 0 Å². The second kappa shape index (κ2) is 4.35. The van der Waals surface area contributed by atoms with Gasteiger partial charge in [-0.2, -0.15) is 5.26 Å². The number of nitriles is 1. The summed E-state index contributed by atoms with van der Waals surface area (Å²) >= 11 is 0. The molecule has 2 atom stereocenters. The predicted octanol–water partition coefficient (Wildman–Crippen LogP) is 2.11. The summed E-state index contributed by atoms with van der Waals surface area (Å²) in [4.78, 5) is 0. The molecule has 0 saturated carbocycles. The molecule has 1 rings (SSSR count). The van der Waals surface area contributed by atoms with Crippen molar-refractivity contribution in [2.24, 2.45) is 5.92 Å². The molecule has 11 heavy (non-hydrogen) atoms. The first kappa shape index (κ1) is 8.55. The van der Waals surface area contributed by atoms with Crippen LogP contribution in [0.15, 0.2) is 0 Å². The first-order chi connectivity index (χ1) is 5.33. The van der Waals surface area contributed by atoms with Crippen molar-refractivity contribution >= 4 is 0 Å². The number of hydrogen-bond donors (Lipinski definition) is 0. The number of ether oxygens (including phenoxy) is 1. The second-order valence-electron chi connectivity index (χ2n) is 3.31. The van der Waals surface area contributed by atoms with Gasteiger partial charge in [-0.3, -0.25) is 0 Å². The Balaban J connectivity index is 2.29. The van der Waals surface area contributed by atoms with Gasteiger partial charge in [0.2, 0.25) is 0 Å². The van der Waals surface area contributed by atoms with Gasteiger partial charge in [0.15, 0.2) is 0 Å². The molecule has 0 spiro atoms. The molecule has 1 heterocycles. The van der Waals surface area contributed by atoms with Crippen LogP contribution in [0.25, 0.3) is 0 Å². The molecular formula is C9H15NO. The Labute approximate surface area is 68.2 Å². The van der Waals surface area contributed by atoms with Crippen LogP contribution < -0.4 is 0 Å².